The lowest BCUT2D eigenvalue weighted by atomic mass is 10.2. The maximum absolute atomic E-state index is 12.8. The van der Waals surface area contributed by atoms with Gasteiger partial charge in [0.15, 0.2) is 0 Å². The maximum Gasteiger partial charge on any atom is 0.418 e. The highest BCUT2D eigenvalue weighted by Gasteiger charge is 2.33. The van der Waals surface area contributed by atoms with E-state index in [0.717, 1.165) is 6.07 Å². The summed E-state index contributed by atoms with van der Waals surface area (Å²) in [6, 6.07) is 14.1. The van der Waals surface area contributed by atoms with E-state index in [1.54, 1.807) is 12.1 Å². The van der Waals surface area contributed by atoms with Crippen LogP contribution in [0, 0.1) is 0 Å². The van der Waals surface area contributed by atoms with Crippen molar-refractivity contribution in [1.29, 1.82) is 0 Å². The number of carbonyl (C=O) groups excluding carboxylic acids is 1. The van der Waals surface area contributed by atoms with Gasteiger partial charge in [0.25, 0.3) is 0 Å². The first-order valence-corrected chi connectivity index (χ1v) is 7.36. The molecule has 0 unspecified atom stereocenters. The number of hydrogen-bond acceptors (Lipinski definition) is 3. The molecule has 0 spiro atoms. The van der Waals surface area contributed by atoms with Gasteiger partial charge in [-0.15, -0.1) is 0 Å². The van der Waals surface area contributed by atoms with Gasteiger partial charge in [0.2, 0.25) is 5.91 Å². The van der Waals surface area contributed by atoms with Gasteiger partial charge in [-0.05, 0) is 30.7 Å². The first kappa shape index (κ1) is 17.7. The minimum absolute atomic E-state index is 0.133. The number of rotatable bonds is 7. The molecule has 2 N–H and O–H groups in total. The molecule has 2 rings (SSSR count). The van der Waals surface area contributed by atoms with Crippen LogP contribution in [0.4, 0.5) is 18.9 Å². The normalized spacial score (nSPS) is 11.0. The zero-order valence-corrected chi connectivity index (χ0v) is 12.8. The van der Waals surface area contributed by atoms with Crippen molar-refractivity contribution in [3.8, 4) is 5.75 Å². The summed E-state index contributed by atoms with van der Waals surface area (Å²) in [5.41, 5.74) is 3.55. The van der Waals surface area contributed by atoms with E-state index >= 15 is 0 Å². The number of hydrogen-bond donors (Lipinski definition) is 2. The zero-order valence-electron chi connectivity index (χ0n) is 12.8. The van der Waals surface area contributed by atoms with Crippen LogP contribution in [0.25, 0.3) is 0 Å². The zero-order chi connectivity index (χ0) is 17.4. The van der Waals surface area contributed by atoms with Crippen LogP contribution >= 0.6 is 0 Å². The molecule has 0 heterocycles. The summed E-state index contributed by atoms with van der Waals surface area (Å²) < 4.78 is 43.9. The van der Waals surface area contributed by atoms with Gasteiger partial charge < -0.3 is 4.74 Å². The third-order valence-electron chi connectivity index (χ3n) is 3.13. The highest BCUT2D eigenvalue weighted by atomic mass is 19.4. The van der Waals surface area contributed by atoms with E-state index < -0.39 is 17.6 Å². The van der Waals surface area contributed by atoms with Crippen LogP contribution in [0.1, 0.15) is 18.4 Å². The maximum atomic E-state index is 12.8. The number of carbonyl (C=O) groups is 1. The van der Waals surface area contributed by atoms with Crippen LogP contribution in [0.3, 0.4) is 0 Å². The molecular formula is C17H17F3N2O2. The Labute approximate surface area is 137 Å². The summed E-state index contributed by atoms with van der Waals surface area (Å²) >= 11 is 0. The van der Waals surface area contributed by atoms with Crippen LogP contribution in [0.15, 0.2) is 54.6 Å². The summed E-state index contributed by atoms with van der Waals surface area (Å²) in [4.78, 5) is 11.7. The average Bonchev–Trinajstić information content (AvgIpc) is 2.57. The summed E-state index contributed by atoms with van der Waals surface area (Å²) in [7, 11) is 0. The van der Waals surface area contributed by atoms with Crippen molar-refractivity contribution >= 4 is 11.6 Å². The Kier molecular flexibility index (Phi) is 6.06. The number of nitrogens with one attached hydrogen (secondary N) is 2. The Morgan fingerprint density at radius 2 is 1.67 bits per heavy atom. The van der Waals surface area contributed by atoms with Crippen molar-refractivity contribution in [3.05, 3.63) is 60.2 Å². The van der Waals surface area contributed by atoms with Gasteiger partial charge in [0.1, 0.15) is 5.75 Å². The molecule has 0 aromatic heterocycles. The second kappa shape index (κ2) is 8.24. The van der Waals surface area contributed by atoms with Gasteiger partial charge in [-0.3, -0.25) is 15.6 Å². The van der Waals surface area contributed by atoms with Crippen LogP contribution in [-0.4, -0.2) is 12.5 Å². The quantitative estimate of drug-likeness (QED) is 0.592. The van der Waals surface area contributed by atoms with Crippen molar-refractivity contribution < 1.29 is 22.7 Å². The van der Waals surface area contributed by atoms with Crippen molar-refractivity contribution in [2.45, 2.75) is 19.0 Å². The Hall–Kier alpha value is -2.70. The minimum Gasteiger partial charge on any atom is -0.494 e. The monoisotopic (exact) mass is 338 g/mol. The van der Waals surface area contributed by atoms with E-state index in [9.17, 15) is 18.0 Å². The second-order valence-corrected chi connectivity index (χ2v) is 4.98. The number of hydrazine groups is 1. The molecule has 1 amide bonds. The topological polar surface area (TPSA) is 50.4 Å². The molecule has 2 aromatic carbocycles. The van der Waals surface area contributed by atoms with Gasteiger partial charge in [-0.2, -0.15) is 13.2 Å². The molecule has 4 nitrogen and oxygen atoms in total. The van der Waals surface area contributed by atoms with Crippen molar-refractivity contribution in [2.24, 2.45) is 0 Å². The molecule has 0 aliphatic heterocycles. The number of alkyl halides is 3. The van der Waals surface area contributed by atoms with Crippen LogP contribution < -0.4 is 15.6 Å². The standard InChI is InChI=1S/C17H17F3N2O2/c18-17(19,20)14-9-4-5-10-15(14)21-22-16(23)11-6-12-24-13-7-2-1-3-8-13/h1-5,7-10,21H,6,11-12H2,(H,22,23). The SMILES string of the molecule is O=C(CCCOc1ccccc1)NNc1ccccc1C(F)(F)F. The largest absolute Gasteiger partial charge is 0.494 e. The molecule has 0 aliphatic carbocycles. The van der Waals surface area contributed by atoms with Gasteiger partial charge in [0, 0.05) is 6.42 Å². The van der Waals surface area contributed by atoms with E-state index in [1.165, 1.54) is 18.2 Å². The lowest BCUT2D eigenvalue weighted by molar-refractivity contribution is -0.137. The van der Waals surface area contributed by atoms with Gasteiger partial charge in [-0.1, -0.05) is 30.3 Å². The summed E-state index contributed by atoms with van der Waals surface area (Å²) in [6.07, 6.45) is -3.91. The first-order valence-electron chi connectivity index (χ1n) is 7.36. The molecule has 0 saturated carbocycles. The number of ether oxygens (including phenoxy) is 1. The highest BCUT2D eigenvalue weighted by molar-refractivity contribution is 5.77. The Morgan fingerprint density at radius 3 is 2.38 bits per heavy atom. The minimum atomic E-state index is -4.49. The van der Waals surface area contributed by atoms with E-state index in [0.29, 0.717) is 18.8 Å². The molecule has 0 atom stereocenters. The molecule has 128 valence electrons. The molecule has 0 saturated heterocycles. The van der Waals surface area contributed by atoms with Gasteiger partial charge in [0.05, 0.1) is 17.9 Å². The Balaban J connectivity index is 1.74. The van der Waals surface area contributed by atoms with Crippen LogP contribution in [0.5, 0.6) is 5.75 Å². The predicted molar refractivity (Wildman–Crippen MR) is 84.4 cm³/mol. The fraction of sp³-hybridized carbons (Fsp3) is 0.235. The number of benzene rings is 2. The molecule has 2 aromatic rings. The Bertz CT molecular complexity index is 660. The van der Waals surface area contributed by atoms with Gasteiger partial charge in [-0.25, -0.2) is 0 Å². The number of para-hydroxylation sites is 2. The predicted octanol–water partition coefficient (Wildman–Crippen LogP) is 4.01. The van der Waals surface area contributed by atoms with E-state index in [1.807, 2.05) is 18.2 Å². The van der Waals surface area contributed by atoms with Crippen LogP contribution in [-0.2, 0) is 11.0 Å². The molecule has 0 bridgehead atoms. The molecule has 7 heteroatoms. The van der Waals surface area contributed by atoms with E-state index in [2.05, 4.69) is 10.9 Å². The second-order valence-electron chi connectivity index (χ2n) is 4.98. The smallest absolute Gasteiger partial charge is 0.418 e. The fourth-order valence-corrected chi connectivity index (χ4v) is 1.98. The lowest BCUT2D eigenvalue weighted by Gasteiger charge is -2.15. The number of halogens is 3. The number of amides is 1. The highest BCUT2D eigenvalue weighted by Crippen LogP contribution is 2.34. The third kappa shape index (κ3) is 5.49. The molecule has 24 heavy (non-hydrogen) atoms. The molecule has 0 radical (unpaired) electrons. The molecular weight excluding hydrogens is 321 g/mol. The third-order valence-corrected chi connectivity index (χ3v) is 3.13. The fourth-order valence-electron chi connectivity index (χ4n) is 1.98. The van der Waals surface area contributed by atoms with E-state index in [4.69, 9.17) is 4.74 Å². The molecule has 0 aliphatic rings. The van der Waals surface area contributed by atoms with Gasteiger partial charge >= 0.3 is 6.18 Å². The first-order chi connectivity index (χ1) is 11.5. The van der Waals surface area contributed by atoms with Crippen LogP contribution in [0.2, 0.25) is 0 Å². The molecule has 0 fully saturated rings. The van der Waals surface area contributed by atoms with E-state index in [-0.39, 0.29) is 12.1 Å². The average molecular weight is 338 g/mol. The lowest BCUT2D eigenvalue weighted by Crippen LogP contribution is -2.30. The summed E-state index contributed by atoms with van der Waals surface area (Å²) in [5, 5.41) is 0. The number of anilines is 1. The van der Waals surface area contributed by atoms with Crippen molar-refractivity contribution in [1.82, 2.24) is 5.43 Å². The van der Waals surface area contributed by atoms with Crippen molar-refractivity contribution in [2.75, 3.05) is 12.0 Å². The summed E-state index contributed by atoms with van der Waals surface area (Å²) in [5.74, 6) is 0.291. The Morgan fingerprint density at radius 1 is 1.00 bits per heavy atom. The summed E-state index contributed by atoms with van der Waals surface area (Å²) in [6.45, 7) is 0.344. The van der Waals surface area contributed by atoms with Crippen molar-refractivity contribution in [3.63, 3.8) is 0 Å².